The van der Waals surface area contributed by atoms with E-state index in [4.69, 9.17) is 19.4 Å². The van der Waals surface area contributed by atoms with Crippen LogP contribution >= 0.6 is 0 Å². The molecule has 2 heterocycles. The van der Waals surface area contributed by atoms with E-state index in [2.05, 4.69) is 23.7 Å². The van der Waals surface area contributed by atoms with Crippen molar-refractivity contribution < 1.29 is 9.47 Å². The number of benzene rings is 4. The number of methoxy groups -OCH3 is 2. The number of pyridine rings is 2. The average Bonchev–Trinajstić information content (AvgIpc) is 2.93. The van der Waals surface area contributed by atoms with Crippen molar-refractivity contribution in [2.45, 2.75) is 0 Å². The van der Waals surface area contributed by atoms with Crippen LogP contribution in [0.2, 0.25) is 0 Å². The van der Waals surface area contributed by atoms with Gasteiger partial charge in [-0.15, -0.1) is 0 Å². The van der Waals surface area contributed by atoms with Crippen LogP contribution in [0.5, 0.6) is 11.5 Å². The minimum Gasteiger partial charge on any atom is -0.497 e. The second-order valence-electron chi connectivity index (χ2n) is 8.27. The lowest BCUT2D eigenvalue weighted by Crippen LogP contribution is -1.91. The first-order valence-corrected chi connectivity index (χ1v) is 11.5. The zero-order chi connectivity index (χ0) is 24.5. The maximum absolute atomic E-state index is 5.45. The maximum Gasteiger partial charge on any atom is 0.119 e. The van der Waals surface area contributed by atoms with E-state index in [0.717, 1.165) is 66.2 Å². The molecule has 4 aromatic carbocycles. The largest absolute Gasteiger partial charge is 0.497 e. The van der Waals surface area contributed by atoms with Crippen LogP contribution in [-0.4, -0.2) is 24.2 Å². The molecule has 6 rings (SSSR count). The number of aromatic nitrogens is 2. The number of hydrogen-bond donors (Lipinski definition) is 0. The minimum atomic E-state index is 0.761. The van der Waals surface area contributed by atoms with Crippen LogP contribution in [0, 0.1) is 23.7 Å². The molecule has 0 saturated heterocycles. The molecule has 0 aliphatic carbocycles. The van der Waals surface area contributed by atoms with Crippen LogP contribution in [0.3, 0.4) is 0 Å². The Morgan fingerprint density at radius 1 is 0.500 bits per heavy atom. The van der Waals surface area contributed by atoms with Gasteiger partial charge in [-0.05, 0) is 60.4 Å². The van der Waals surface area contributed by atoms with E-state index in [1.165, 1.54) is 0 Å². The predicted octanol–water partition coefficient (Wildman–Crippen LogP) is 6.51. The summed E-state index contributed by atoms with van der Waals surface area (Å²) in [6.07, 6.45) is 0. The molecule has 0 aliphatic heterocycles. The first kappa shape index (κ1) is 21.5. The maximum atomic E-state index is 5.45. The normalized spacial score (nSPS) is 10.6. The highest BCUT2D eigenvalue weighted by Gasteiger charge is 2.10. The highest BCUT2D eigenvalue weighted by Crippen LogP contribution is 2.29. The minimum absolute atomic E-state index is 0.761. The summed E-state index contributed by atoms with van der Waals surface area (Å²) in [5, 5.41) is 3.84. The number of hydrogen-bond acceptors (Lipinski definition) is 4. The molecule has 170 valence electrons. The Hall–Kier alpha value is -5.06. The zero-order valence-electron chi connectivity index (χ0n) is 19.8. The van der Waals surface area contributed by atoms with Gasteiger partial charge in [-0.25, -0.2) is 9.97 Å². The molecule has 0 radical (unpaired) electrons. The average molecular weight is 465 g/mol. The third-order valence-electron chi connectivity index (χ3n) is 6.21. The van der Waals surface area contributed by atoms with Crippen molar-refractivity contribution >= 4 is 43.6 Å². The molecule has 36 heavy (non-hydrogen) atoms. The lowest BCUT2D eigenvalue weighted by atomic mass is 10.0. The molecule has 0 N–H and O–H groups in total. The zero-order valence-corrected chi connectivity index (χ0v) is 19.8. The summed E-state index contributed by atoms with van der Waals surface area (Å²) in [6, 6.07) is 27.7. The number of para-hydroxylation sites is 2. The molecule has 0 spiro atoms. The first-order valence-electron chi connectivity index (χ1n) is 11.5. The number of nitrogens with zero attached hydrogens (tertiary/aromatic N) is 2. The van der Waals surface area contributed by atoms with Gasteiger partial charge in [0.1, 0.15) is 11.5 Å². The van der Waals surface area contributed by atoms with Crippen LogP contribution in [0.25, 0.3) is 43.6 Å². The summed E-state index contributed by atoms with van der Waals surface area (Å²) in [6.45, 7) is 0. The third-order valence-corrected chi connectivity index (χ3v) is 6.21. The van der Waals surface area contributed by atoms with E-state index in [0.29, 0.717) is 0 Å². The van der Waals surface area contributed by atoms with Gasteiger partial charge in [0.25, 0.3) is 0 Å². The van der Waals surface area contributed by atoms with Gasteiger partial charge in [0, 0.05) is 32.7 Å². The van der Waals surface area contributed by atoms with Gasteiger partial charge >= 0.3 is 0 Å². The Kier molecular flexibility index (Phi) is 5.34. The molecule has 0 atom stereocenters. The Bertz CT molecular complexity index is 1790. The van der Waals surface area contributed by atoms with E-state index in [-0.39, 0.29) is 0 Å². The highest BCUT2D eigenvalue weighted by molar-refractivity contribution is 6.02. The van der Waals surface area contributed by atoms with Crippen molar-refractivity contribution in [3.63, 3.8) is 0 Å². The van der Waals surface area contributed by atoms with Crippen molar-refractivity contribution in [2.75, 3.05) is 14.2 Å². The van der Waals surface area contributed by atoms with E-state index in [1.54, 1.807) is 14.2 Å². The van der Waals surface area contributed by atoms with E-state index < -0.39 is 0 Å². The van der Waals surface area contributed by atoms with Crippen molar-refractivity contribution in [3.05, 3.63) is 96.1 Å². The quantitative estimate of drug-likeness (QED) is 0.216. The molecular formula is C32H20N2O2. The van der Waals surface area contributed by atoms with Gasteiger partial charge in [-0.3, -0.25) is 0 Å². The van der Waals surface area contributed by atoms with Crippen molar-refractivity contribution in [1.29, 1.82) is 0 Å². The Morgan fingerprint density at radius 2 is 0.917 bits per heavy atom. The summed E-state index contributed by atoms with van der Waals surface area (Å²) < 4.78 is 10.9. The van der Waals surface area contributed by atoms with Crippen LogP contribution in [0.15, 0.2) is 84.9 Å². The molecular weight excluding hydrogens is 444 g/mol. The summed E-state index contributed by atoms with van der Waals surface area (Å²) in [5.74, 6) is 14.3. The van der Waals surface area contributed by atoms with Crippen molar-refractivity contribution in [3.8, 4) is 35.2 Å². The summed E-state index contributed by atoms with van der Waals surface area (Å²) in [7, 11) is 3.32. The fourth-order valence-corrected chi connectivity index (χ4v) is 4.45. The molecule has 4 heteroatoms. The molecule has 6 aromatic rings. The predicted molar refractivity (Wildman–Crippen MR) is 145 cm³/mol. The number of ether oxygens (including phenoxy) is 2. The summed E-state index contributed by atoms with van der Waals surface area (Å²) in [4.78, 5) is 9.59. The fourth-order valence-electron chi connectivity index (χ4n) is 4.45. The van der Waals surface area contributed by atoms with Gasteiger partial charge in [-0.2, -0.15) is 0 Å². The standard InChI is InChI=1S/C32H20N2O2/c1-35-21-15-17-31-27(19-21)23(25-11-5-7-13-29(25)33-31)9-3-4-10-24-26-12-6-8-14-30(26)34-32-18-16-22(36-2)20-28(24)32/h5-8,11-20H,1-2H3. The SMILES string of the molecule is COc1ccc2nc3ccccc3c(C#CC#Cc3c4ccccc4nc4ccc(OC)cc34)c2c1. The Labute approximate surface area is 208 Å². The molecule has 0 aliphatic rings. The highest BCUT2D eigenvalue weighted by atomic mass is 16.5. The van der Waals surface area contributed by atoms with Crippen molar-refractivity contribution in [1.82, 2.24) is 9.97 Å². The van der Waals surface area contributed by atoms with E-state index in [9.17, 15) is 0 Å². The molecule has 0 unspecified atom stereocenters. The third kappa shape index (κ3) is 3.72. The summed E-state index contributed by atoms with van der Waals surface area (Å²) >= 11 is 0. The lowest BCUT2D eigenvalue weighted by molar-refractivity contribution is 0.415. The molecule has 0 amide bonds. The lowest BCUT2D eigenvalue weighted by Gasteiger charge is -2.08. The van der Waals surface area contributed by atoms with Crippen LogP contribution in [0.1, 0.15) is 11.1 Å². The Morgan fingerprint density at radius 3 is 1.36 bits per heavy atom. The van der Waals surface area contributed by atoms with Gasteiger partial charge in [-0.1, -0.05) is 48.2 Å². The van der Waals surface area contributed by atoms with Crippen LogP contribution in [0.4, 0.5) is 0 Å². The second kappa shape index (κ2) is 8.95. The smallest absolute Gasteiger partial charge is 0.119 e. The number of fused-ring (bicyclic) bond motifs is 4. The van der Waals surface area contributed by atoms with E-state index in [1.807, 2.05) is 84.9 Å². The van der Waals surface area contributed by atoms with Crippen LogP contribution < -0.4 is 9.47 Å². The molecule has 0 bridgehead atoms. The van der Waals surface area contributed by atoms with Crippen LogP contribution in [-0.2, 0) is 0 Å². The van der Waals surface area contributed by atoms with Gasteiger partial charge in [0.05, 0.1) is 36.3 Å². The van der Waals surface area contributed by atoms with Gasteiger partial charge < -0.3 is 9.47 Å². The van der Waals surface area contributed by atoms with Gasteiger partial charge in [0.15, 0.2) is 0 Å². The molecule has 0 saturated carbocycles. The van der Waals surface area contributed by atoms with Crippen molar-refractivity contribution in [2.24, 2.45) is 0 Å². The summed E-state index contributed by atoms with van der Waals surface area (Å²) in [5.41, 5.74) is 5.29. The van der Waals surface area contributed by atoms with Gasteiger partial charge in [0.2, 0.25) is 0 Å². The fraction of sp³-hybridized carbons (Fsp3) is 0.0625. The molecule has 2 aromatic heterocycles. The topological polar surface area (TPSA) is 44.2 Å². The monoisotopic (exact) mass is 464 g/mol. The molecule has 4 nitrogen and oxygen atoms in total. The second-order valence-corrected chi connectivity index (χ2v) is 8.27. The molecule has 0 fully saturated rings. The van der Waals surface area contributed by atoms with E-state index >= 15 is 0 Å². The Balaban J connectivity index is 1.56. The first-order chi connectivity index (χ1) is 17.7. The number of rotatable bonds is 2.